The van der Waals surface area contributed by atoms with Gasteiger partial charge in [0, 0.05) is 11.9 Å². The Balaban J connectivity index is 2.07. The van der Waals surface area contributed by atoms with Gasteiger partial charge < -0.3 is 9.72 Å². The third kappa shape index (κ3) is 2.66. The number of fused-ring (bicyclic) bond motifs is 1. The Morgan fingerprint density at radius 1 is 1.31 bits per heavy atom. The summed E-state index contributed by atoms with van der Waals surface area (Å²) in [5.74, 6) is 1.76. The molecule has 0 aliphatic carbocycles. The van der Waals surface area contributed by atoms with Crippen LogP contribution in [0.15, 0.2) is 18.6 Å². The van der Waals surface area contributed by atoms with Gasteiger partial charge in [-0.05, 0) is 24.8 Å². The molecule has 0 saturated heterocycles. The Bertz CT molecular complexity index is 475. The van der Waals surface area contributed by atoms with E-state index in [0.29, 0.717) is 5.88 Å². The first-order valence-corrected chi connectivity index (χ1v) is 8.16. The molecule has 0 saturated carbocycles. The molecule has 0 aromatic carbocycles. The minimum absolute atomic E-state index is 0.510. The van der Waals surface area contributed by atoms with Gasteiger partial charge in [0.15, 0.2) is 0 Å². The van der Waals surface area contributed by atoms with Crippen molar-refractivity contribution in [1.29, 1.82) is 0 Å². The van der Waals surface area contributed by atoms with Crippen LogP contribution < -0.4 is 4.74 Å². The Morgan fingerprint density at radius 2 is 2.12 bits per heavy atom. The maximum Gasteiger partial charge on any atom is 0.226 e. The molecule has 16 heavy (non-hydrogen) atoms. The standard InChI is InChI=1S/C11H17N3OS/c1-16(2,3)7-6-15-11-9-4-5-12-10(9)13-8-14-11/h4-5,8H,6-7H2,1-3H3,(H,12,13,14). The summed E-state index contributed by atoms with van der Waals surface area (Å²) in [5, 5.41) is 0.950. The highest BCUT2D eigenvalue weighted by Gasteiger charge is 2.07. The topological polar surface area (TPSA) is 50.8 Å². The number of nitrogens with one attached hydrogen (secondary N) is 1. The molecule has 2 aromatic rings. The van der Waals surface area contributed by atoms with Gasteiger partial charge in [-0.15, -0.1) is 0 Å². The van der Waals surface area contributed by atoms with E-state index in [2.05, 4.69) is 33.7 Å². The van der Waals surface area contributed by atoms with Crippen molar-refractivity contribution >= 4 is 21.1 Å². The van der Waals surface area contributed by atoms with E-state index in [1.165, 1.54) is 6.33 Å². The predicted molar refractivity (Wildman–Crippen MR) is 69.6 cm³/mol. The van der Waals surface area contributed by atoms with Crippen LogP contribution in [-0.4, -0.2) is 46.1 Å². The maximum absolute atomic E-state index is 5.70. The molecule has 0 radical (unpaired) electrons. The van der Waals surface area contributed by atoms with Gasteiger partial charge in [0.05, 0.1) is 12.0 Å². The lowest BCUT2D eigenvalue weighted by Gasteiger charge is -2.24. The second-order valence-electron chi connectivity index (χ2n) is 4.56. The fourth-order valence-electron chi connectivity index (χ4n) is 1.35. The van der Waals surface area contributed by atoms with Gasteiger partial charge in [-0.1, -0.05) is 0 Å². The number of aromatic amines is 1. The molecule has 0 amide bonds. The van der Waals surface area contributed by atoms with Crippen molar-refractivity contribution in [2.24, 2.45) is 0 Å². The van der Waals surface area contributed by atoms with Crippen LogP contribution in [0.2, 0.25) is 0 Å². The zero-order valence-electron chi connectivity index (χ0n) is 9.86. The van der Waals surface area contributed by atoms with Crippen LogP contribution in [0.4, 0.5) is 0 Å². The summed E-state index contributed by atoms with van der Waals surface area (Å²) in [6.07, 6.45) is 10.2. The van der Waals surface area contributed by atoms with Gasteiger partial charge in [0.1, 0.15) is 12.0 Å². The average Bonchev–Trinajstić information content (AvgIpc) is 2.64. The molecule has 2 rings (SSSR count). The van der Waals surface area contributed by atoms with Gasteiger partial charge in [-0.25, -0.2) is 20.0 Å². The molecule has 0 spiro atoms. The van der Waals surface area contributed by atoms with Gasteiger partial charge >= 0.3 is 0 Å². The van der Waals surface area contributed by atoms with E-state index in [4.69, 9.17) is 4.74 Å². The van der Waals surface area contributed by atoms with Crippen molar-refractivity contribution in [1.82, 2.24) is 15.0 Å². The molecule has 0 aliphatic heterocycles. The Hall–Kier alpha value is -1.23. The van der Waals surface area contributed by atoms with Gasteiger partial charge in [-0.3, -0.25) is 0 Å². The zero-order valence-corrected chi connectivity index (χ0v) is 10.7. The number of ether oxygens (including phenoxy) is 1. The van der Waals surface area contributed by atoms with Gasteiger partial charge in [-0.2, -0.15) is 0 Å². The van der Waals surface area contributed by atoms with E-state index in [1.54, 1.807) is 0 Å². The largest absolute Gasteiger partial charge is 0.476 e. The number of aromatic nitrogens is 3. The molecule has 88 valence electrons. The highest BCUT2D eigenvalue weighted by Crippen LogP contribution is 2.33. The molecule has 1 N–H and O–H groups in total. The van der Waals surface area contributed by atoms with E-state index in [0.717, 1.165) is 23.4 Å². The summed E-state index contributed by atoms with van der Waals surface area (Å²) in [7, 11) is -0.510. The highest BCUT2D eigenvalue weighted by molar-refractivity contribution is 8.32. The van der Waals surface area contributed by atoms with Crippen LogP contribution in [0.1, 0.15) is 0 Å². The molecular weight excluding hydrogens is 222 g/mol. The Kier molecular flexibility index (Phi) is 3.05. The number of nitrogens with zero attached hydrogens (tertiary/aromatic N) is 2. The summed E-state index contributed by atoms with van der Waals surface area (Å²) < 4.78 is 5.70. The summed E-state index contributed by atoms with van der Waals surface area (Å²) >= 11 is 0. The van der Waals surface area contributed by atoms with Crippen LogP contribution in [0.25, 0.3) is 11.0 Å². The van der Waals surface area contributed by atoms with Crippen LogP contribution >= 0.6 is 10.0 Å². The quantitative estimate of drug-likeness (QED) is 0.888. The lowest BCUT2D eigenvalue weighted by atomic mass is 10.4. The fourth-order valence-corrected chi connectivity index (χ4v) is 1.94. The number of hydrogen-bond donors (Lipinski definition) is 1. The molecule has 2 heterocycles. The van der Waals surface area contributed by atoms with Crippen molar-refractivity contribution in [2.75, 3.05) is 31.1 Å². The van der Waals surface area contributed by atoms with Crippen LogP contribution in [0, 0.1) is 0 Å². The SMILES string of the molecule is CS(C)(C)CCOc1ncnc2[nH]ccc12. The third-order valence-electron chi connectivity index (χ3n) is 2.25. The first-order valence-electron chi connectivity index (χ1n) is 5.13. The number of rotatable bonds is 4. The first-order chi connectivity index (χ1) is 7.56. The summed E-state index contributed by atoms with van der Waals surface area (Å²) in [6, 6.07) is 1.94. The maximum atomic E-state index is 5.70. The van der Waals surface area contributed by atoms with Gasteiger partial charge in [0.25, 0.3) is 0 Å². The summed E-state index contributed by atoms with van der Waals surface area (Å²) in [6.45, 7) is 0.718. The molecular formula is C11H17N3OS. The van der Waals surface area contributed by atoms with Crippen LogP contribution in [0.3, 0.4) is 0 Å². The molecule has 0 atom stereocenters. The van der Waals surface area contributed by atoms with E-state index in [1.807, 2.05) is 12.3 Å². The van der Waals surface area contributed by atoms with Gasteiger partial charge in [0.2, 0.25) is 5.88 Å². The molecule has 0 aliphatic rings. The Labute approximate surface area is 96.8 Å². The molecule has 0 bridgehead atoms. The van der Waals surface area contributed by atoms with Crippen LogP contribution in [0.5, 0.6) is 5.88 Å². The van der Waals surface area contributed by atoms with E-state index >= 15 is 0 Å². The smallest absolute Gasteiger partial charge is 0.226 e. The second kappa shape index (κ2) is 4.33. The second-order valence-corrected chi connectivity index (χ2v) is 9.15. The van der Waals surface area contributed by atoms with Crippen molar-refractivity contribution in [3.63, 3.8) is 0 Å². The first kappa shape index (κ1) is 11.3. The van der Waals surface area contributed by atoms with Crippen molar-refractivity contribution in [2.45, 2.75) is 0 Å². The molecule has 5 heteroatoms. The number of H-pyrrole nitrogens is 1. The monoisotopic (exact) mass is 239 g/mol. The van der Waals surface area contributed by atoms with E-state index in [-0.39, 0.29) is 0 Å². The van der Waals surface area contributed by atoms with Crippen molar-refractivity contribution in [3.8, 4) is 5.88 Å². The summed E-state index contributed by atoms with van der Waals surface area (Å²) in [5.41, 5.74) is 0.827. The minimum Gasteiger partial charge on any atom is -0.476 e. The normalized spacial score (nSPS) is 12.9. The van der Waals surface area contributed by atoms with E-state index in [9.17, 15) is 0 Å². The summed E-state index contributed by atoms with van der Waals surface area (Å²) in [4.78, 5) is 11.3. The van der Waals surface area contributed by atoms with Crippen molar-refractivity contribution < 1.29 is 4.74 Å². The minimum atomic E-state index is -0.510. The van der Waals surface area contributed by atoms with Crippen molar-refractivity contribution in [3.05, 3.63) is 18.6 Å². The lowest BCUT2D eigenvalue weighted by Crippen LogP contribution is -2.09. The lowest BCUT2D eigenvalue weighted by molar-refractivity contribution is 0.334. The third-order valence-corrected chi connectivity index (χ3v) is 3.64. The molecule has 2 aromatic heterocycles. The number of hydrogen-bond acceptors (Lipinski definition) is 3. The highest BCUT2D eigenvalue weighted by atomic mass is 32.3. The van der Waals surface area contributed by atoms with E-state index < -0.39 is 10.0 Å². The predicted octanol–water partition coefficient (Wildman–Crippen LogP) is 2.03. The fraction of sp³-hybridized carbons (Fsp3) is 0.455. The average molecular weight is 239 g/mol. The molecule has 0 fully saturated rings. The Morgan fingerprint density at radius 3 is 2.88 bits per heavy atom. The zero-order chi connectivity index (χ0) is 11.6. The van der Waals surface area contributed by atoms with Crippen LogP contribution in [-0.2, 0) is 0 Å². The molecule has 0 unspecified atom stereocenters. The molecule has 4 nitrogen and oxygen atoms in total.